The van der Waals surface area contributed by atoms with Gasteiger partial charge in [0.1, 0.15) is 5.82 Å². The van der Waals surface area contributed by atoms with Crippen molar-refractivity contribution in [2.75, 3.05) is 0 Å². The summed E-state index contributed by atoms with van der Waals surface area (Å²) in [6.07, 6.45) is 8.72. The smallest absolute Gasteiger partial charge is 0.128 e. The second-order valence-corrected chi connectivity index (χ2v) is 8.34. The molecule has 134 valence electrons. The van der Waals surface area contributed by atoms with Crippen molar-refractivity contribution in [1.29, 1.82) is 0 Å². The number of rotatable bonds is 4. The Morgan fingerprint density at radius 2 is 1.81 bits per heavy atom. The molecule has 0 amide bonds. The first-order chi connectivity index (χ1) is 12.7. The predicted octanol–water partition coefficient (Wildman–Crippen LogP) is 6.08. The van der Waals surface area contributed by atoms with Crippen LogP contribution in [0.15, 0.2) is 67.1 Å². The Bertz CT molecular complexity index is 861. The van der Waals surface area contributed by atoms with E-state index in [2.05, 4.69) is 26.7 Å². The summed E-state index contributed by atoms with van der Waals surface area (Å²) in [5.41, 5.74) is 2.85. The largest absolute Gasteiger partial charge is 0.325 e. The van der Waals surface area contributed by atoms with Crippen LogP contribution in [0.25, 0.3) is 0 Å². The SMILES string of the molecule is Fc1ccccc1C(c1ccccc1)n1cnc(C2CCCC(Br)C2)c1. The molecule has 1 aromatic heterocycles. The van der Waals surface area contributed by atoms with Gasteiger partial charge in [-0.1, -0.05) is 70.9 Å². The lowest BCUT2D eigenvalue weighted by atomic mass is 9.87. The van der Waals surface area contributed by atoms with Crippen LogP contribution in [0, 0.1) is 5.82 Å². The van der Waals surface area contributed by atoms with Gasteiger partial charge in [-0.05, 0) is 30.9 Å². The van der Waals surface area contributed by atoms with Gasteiger partial charge in [0.25, 0.3) is 0 Å². The molecule has 4 rings (SSSR count). The van der Waals surface area contributed by atoms with Crippen LogP contribution in [0.4, 0.5) is 4.39 Å². The molecule has 0 spiro atoms. The molecule has 0 saturated heterocycles. The third-order valence-electron chi connectivity index (χ3n) is 5.26. The fraction of sp³-hybridized carbons (Fsp3) is 0.318. The third kappa shape index (κ3) is 3.61. The summed E-state index contributed by atoms with van der Waals surface area (Å²) in [6.45, 7) is 0. The molecular formula is C22H22BrFN2. The molecule has 1 aliphatic carbocycles. The summed E-state index contributed by atoms with van der Waals surface area (Å²) in [6, 6.07) is 16.9. The lowest BCUT2D eigenvalue weighted by Gasteiger charge is -2.24. The van der Waals surface area contributed by atoms with Gasteiger partial charge in [-0.15, -0.1) is 0 Å². The first-order valence-corrected chi connectivity index (χ1v) is 10.1. The molecule has 0 radical (unpaired) electrons. The van der Waals surface area contributed by atoms with Crippen LogP contribution >= 0.6 is 15.9 Å². The van der Waals surface area contributed by atoms with Crippen LogP contribution < -0.4 is 0 Å². The summed E-state index contributed by atoms with van der Waals surface area (Å²) in [5.74, 6) is 0.293. The minimum absolute atomic E-state index is 0.185. The predicted molar refractivity (Wildman–Crippen MR) is 106 cm³/mol. The number of aromatic nitrogens is 2. The van der Waals surface area contributed by atoms with Gasteiger partial charge in [-0.3, -0.25) is 0 Å². The molecule has 2 nitrogen and oxygen atoms in total. The van der Waals surface area contributed by atoms with Crippen LogP contribution in [0.1, 0.15) is 54.5 Å². The second-order valence-electron chi connectivity index (χ2n) is 7.04. The maximum Gasteiger partial charge on any atom is 0.128 e. The van der Waals surface area contributed by atoms with E-state index < -0.39 is 0 Å². The van der Waals surface area contributed by atoms with Crippen LogP contribution in [0.2, 0.25) is 0 Å². The highest BCUT2D eigenvalue weighted by atomic mass is 79.9. The van der Waals surface area contributed by atoms with E-state index >= 15 is 0 Å². The van der Waals surface area contributed by atoms with Crippen LogP contribution in [0.3, 0.4) is 0 Å². The molecule has 26 heavy (non-hydrogen) atoms. The van der Waals surface area contributed by atoms with Crippen molar-refractivity contribution in [1.82, 2.24) is 9.55 Å². The van der Waals surface area contributed by atoms with Crippen molar-refractivity contribution in [2.45, 2.75) is 42.5 Å². The highest BCUT2D eigenvalue weighted by Gasteiger charge is 2.25. The highest BCUT2D eigenvalue weighted by molar-refractivity contribution is 9.09. The molecule has 1 fully saturated rings. The zero-order valence-corrected chi connectivity index (χ0v) is 16.1. The van der Waals surface area contributed by atoms with Gasteiger partial charge in [-0.2, -0.15) is 0 Å². The van der Waals surface area contributed by atoms with Crippen LogP contribution in [-0.2, 0) is 0 Å². The lowest BCUT2D eigenvalue weighted by molar-refractivity contribution is 0.451. The Hall–Kier alpha value is -1.94. The minimum Gasteiger partial charge on any atom is -0.325 e. The van der Waals surface area contributed by atoms with Crippen molar-refractivity contribution in [3.8, 4) is 0 Å². The first-order valence-electron chi connectivity index (χ1n) is 9.19. The average molecular weight is 413 g/mol. The number of hydrogen-bond donors (Lipinski definition) is 0. The standard InChI is InChI=1S/C22H22BrFN2/c23-18-10-6-9-17(13-18)21-14-26(15-25-21)22(16-7-2-1-3-8-16)19-11-4-5-12-20(19)24/h1-5,7-8,11-12,14-15,17-18,22H,6,9-10,13H2. The molecule has 3 unspecified atom stereocenters. The topological polar surface area (TPSA) is 17.8 Å². The maximum absolute atomic E-state index is 14.6. The Labute approximate surface area is 162 Å². The first kappa shape index (κ1) is 17.5. The summed E-state index contributed by atoms with van der Waals surface area (Å²) in [4.78, 5) is 5.27. The van der Waals surface area contributed by atoms with E-state index in [-0.39, 0.29) is 11.9 Å². The van der Waals surface area contributed by atoms with E-state index in [0.717, 1.165) is 17.7 Å². The second kappa shape index (κ2) is 7.75. The maximum atomic E-state index is 14.6. The van der Waals surface area contributed by atoms with Crippen molar-refractivity contribution >= 4 is 15.9 Å². The molecule has 0 bridgehead atoms. The zero-order valence-electron chi connectivity index (χ0n) is 14.6. The molecule has 3 atom stereocenters. The van der Waals surface area contributed by atoms with Gasteiger partial charge in [0.2, 0.25) is 0 Å². The summed E-state index contributed by atoms with van der Waals surface area (Å²) >= 11 is 3.76. The molecular weight excluding hydrogens is 391 g/mol. The van der Waals surface area contributed by atoms with Crippen molar-refractivity contribution in [3.63, 3.8) is 0 Å². The molecule has 0 aliphatic heterocycles. The molecule has 2 aromatic carbocycles. The highest BCUT2D eigenvalue weighted by Crippen LogP contribution is 2.36. The normalized spacial score (nSPS) is 21.5. The van der Waals surface area contributed by atoms with E-state index in [9.17, 15) is 4.39 Å². The average Bonchev–Trinajstić information content (AvgIpc) is 3.14. The minimum atomic E-state index is -0.206. The molecule has 0 N–H and O–H groups in total. The molecule has 1 heterocycles. The molecule has 1 aliphatic rings. The number of hydrogen-bond acceptors (Lipinski definition) is 1. The van der Waals surface area contributed by atoms with E-state index in [0.29, 0.717) is 16.3 Å². The molecule has 3 aromatic rings. The van der Waals surface area contributed by atoms with Crippen molar-refractivity contribution in [3.05, 3.63) is 89.8 Å². The quantitative estimate of drug-likeness (QED) is 0.474. The number of alkyl halides is 1. The fourth-order valence-electron chi connectivity index (χ4n) is 3.95. The number of imidazole rings is 1. The number of halogens is 2. The fourth-order valence-corrected chi connectivity index (χ4v) is 4.72. The summed E-state index contributed by atoms with van der Waals surface area (Å²) in [5, 5.41) is 0. The number of benzene rings is 2. The Morgan fingerprint density at radius 1 is 1.04 bits per heavy atom. The van der Waals surface area contributed by atoms with Gasteiger partial charge in [0.05, 0.1) is 18.1 Å². The Kier molecular flexibility index (Phi) is 5.21. The van der Waals surface area contributed by atoms with E-state index in [4.69, 9.17) is 4.98 Å². The third-order valence-corrected chi connectivity index (χ3v) is 6.09. The van der Waals surface area contributed by atoms with E-state index in [1.807, 2.05) is 48.8 Å². The monoisotopic (exact) mass is 412 g/mol. The Balaban J connectivity index is 1.72. The van der Waals surface area contributed by atoms with Crippen molar-refractivity contribution in [2.24, 2.45) is 0 Å². The van der Waals surface area contributed by atoms with Crippen LogP contribution in [0.5, 0.6) is 0 Å². The molecule has 4 heteroatoms. The number of nitrogens with zero attached hydrogens (tertiary/aromatic N) is 2. The zero-order chi connectivity index (χ0) is 17.9. The van der Waals surface area contributed by atoms with Gasteiger partial charge in [0, 0.05) is 22.5 Å². The Morgan fingerprint density at radius 3 is 2.58 bits per heavy atom. The van der Waals surface area contributed by atoms with Crippen LogP contribution in [-0.4, -0.2) is 14.4 Å². The van der Waals surface area contributed by atoms with Crippen molar-refractivity contribution < 1.29 is 4.39 Å². The van der Waals surface area contributed by atoms with Gasteiger partial charge in [-0.25, -0.2) is 9.37 Å². The van der Waals surface area contributed by atoms with Gasteiger partial charge < -0.3 is 4.57 Å². The van der Waals surface area contributed by atoms with E-state index in [1.165, 1.54) is 25.3 Å². The summed E-state index contributed by atoms with van der Waals surface area (Å²) < 4.78 is 16.6. The van der Waals surface area contributed by atoms with Gasteiger partial charge >= 0.3 is 0 Å². The van der Waals surface area contributed by atoms with Gasteiger partial charge in [0.15, 0.2) is 0 Å². The lowest BCUT2D eigenvalue weighted by Crippen LogP contribution is -2.14. The molecule has 1 saturated carbocycles. The summed E-state index contributed by atoms with van der Waals surface area (Å²) in [7, 11) is 0. The van der Waals surface area contributed by atoms with E-state index in [1.54, 1.807) is 6.07 Å².